The number of carbonyl (C=O) groups is 3. The summed E-state index contributed by atoms with van der Waals surface area (Å²) >= 11 is 0. The molecule has 22 heavy (non-hydrogen) atoms. The smallest absolute Gasteiger partial charge is 0.352 e. The van der Waals surface area contributed by atoms with Gasteiger partial charge >= 0.3 is 11.9 Å². The first kappa shape index (κ1) is 14.6. The summed E-state index contributed by atoms with van der Waals surface area (Å²) in [6, 6.07) is -0.126. The number of hydrogen-bond donors (Lipinski definition) is 1. The van der Waals surface area contributed by atoms with Crippen molar-refractivity contribution in [2.75, 3.05) is 7.11 Å². The zero-order valence-corrected chi connectivity index (χ0v) is 12.2. The zero-order valence-electron chi connectivity index (χ0n) is 12.2. The Morgan fingerprint density at radius 2 is 2.18 bits per heavy atom. The third-order valence-electron chi connectivity index (χ3n) is 4.41. The monoisotopic (exact) mass is 308 g/mol. The Bertz CT molecular complexity index is 623. The first-order valence-electron chi connectivity index (χ1n) is 7.10. The molecule has 0 aromatic carbocycles. The largest absolute Gasteiger partial charge is 0.477 e. The van der Waals surface area contributed by atoms with Crippen molar-refractivity contribution in [3.8, 4) is 0 Å². The van der Waals surface area contributed by atoms with Gasteiger partial charge in [0.2, 0.25) is 12.0 Å². The Morgan fingerprint density at radius 1 is 1.45 bits per heavy atom. The molecule has 118 valence electrons. The van der Waals surface area contributed by atoms with Crippen LogP contribution in [0, 0.1) is 5.92 Å². The summed E-state index contributed by atoms with van der Waals surface area (Å²) < 4.78 is 4.59. The lowest BCUT2D eigenvalue weighted by atomic mass is 9.84. The van der Waals surface area contributed by atoms with Crippen molar-refractivity contribution in [2.24, 2.45) is 11.1 Å². The van der Waals surface area contributed by atoms with Gasteiger partial charge in [-0.05, 0) is 12.8 Å². The Balaban J connectivity index is 1.86. The summed E-state index contributed by atoms with van der Waals surface area (Å²) in [5.74, 6) is -2.03. The van der Waals surface area contributed by atoms with Gasteiger partial charge in [0.1, 0.15) is 5.70 Å². The van der Waals surface area contributed by atoms with Crippen LogP contribution in [0.4, 0.5) is 0 Å². The molecule has 1 fully saturated rings. The maximum absolute atomic E-state index is 12.1. The summed E-state index contributed by atoms with van der Waals surface area (Å²) in [7, 11) is 1.25. The number of aliphatic carboxylic acids is 1. The number of β-lactam (4-membered cyclic amide) rings is 1. The lowest BCUT2D eigenvalue weighted by molar-refractivity contribution is -0.155. The number of rotatable bonds is 4. The van der Waals surface area contributed by atoms with E-state index < -0.39 is 18.0 Å². The number of oxime groups is 1. The average Bonchev–Trinajstić information content (AvgIpc) is 3.09. The Kier molecular flexibility index (Phi) is 3.38. The van der Waals surface area contributed by atoms with Crippen molar-refractivity contribution < 1.29 is 29.1 Å². The van der Waals surface area contributed by atoms with Crippen LogP contribution in [0.1, 0.15) is 26.2 Å². The summed E-state index contributed by atoms with van der Waals surface area (Å²) in [6.07, 6.45) is 0.411. The summed E-state index contributed by atoms with van der Waals surface area (Å²) in [5.41, 5.74) is 0.852. The quantitative estimate of drug-likeness (QED) is 0.591. The van der Waals surface area contributed by atoms with Crippen LogP contribution in [0.15, 0.2) is 16.4 Å². The van der Waals surface area contributed by atoms with Crippen molar-refractivity contribution in [1.29, 1.82) is 0 Å². The molecule has 0 radical (unpaired) electrons. The second-order valence-electron chi connectivity index (χ2n) is 5.49. The molecule has 3 unspecified atom stereocenters. The standard InChI is InChI=1S/C14H16N2O6/c1-3-6-9-4-7(11(13(18)19)16(9)12(6)17)8-5-10(22-15-8)14(20)21-2/h6,9-10H,3-5H2,1-2H3,(H,18,19). The summed E-state index contributed by atoms with van der Waals surface area (Å²) in [6.45, 7) is 1.90. The third-order valence-corrected chi connectivity index (χ3v) is 4.41. The van der Waals surface area contributed by atoms with Crippen LogP contribution in [0.5, 0.6) is 0 Å². The SMILES string of the molecule is CCC1C(=O)N2C(C(=O)O)=C(C3=NOC(C(=O)OC)C3)CC12. The van der Waals surface area contributed by atoms with Gasteiger partial charge in [0.05, 0.1) is 24.8 Å². The number of carboxylic acid groups (broad SMARTS) is 1. The zero-order chi connectivity index (χ0) is 16.0. The van der Waals surface area contributed by atoms with Gasteiger partial charge in [-0.2, -0.15) is 0 Å². The Labute approximate surface area is 126 Å². The Hall–Kier alpha value is -2.38. The lowest BCUT2D eigenvalue weighted by Crippen LogP contribution is -2.58. The molecule has 8 nitrogen and oxygen atoms in total. The van der Waals surface area contributed by atoms with Crippen LogP contribution in [0.25, 0.3) is 0 Å². The van der Waals surface area contributed by atoms with Crippen molar-refractivity contribution >= 4 is 23.6 Å². The molecule has 8 heteroatoms. The fraction of sp³-hybridized carbons (Fsp3) is 0.571. The molecule has 0 spiro atoms. The normalized spacial score (nSPS) is 29.7. The molecular weight excluding hydrogens is 292 g/mol. The highest BCUT2D eigenvalue weighted by molar-refractivity contribution is 6.11. The number of amides is 1. The second kappa shape index (κ2) is 5.11. The molecule has 1 saturated heterocycles. The second-order valence-corrected chi connectivity index (χ2v) is 5.49. The number of carbonyl (C=O) groups excluding carboxylic acids is 2. The van der Waals surface area contributed by atoms with Gasteiger partial charge in [-0.15, -0.1) is 0 Å². The van der Waals surface area contributed by atoms with E-state index in [2.05, 4.69) is 9.89 Å². The molecule has 0 aliphatic carbocycles. The minimum atomic E-state index is -1.16. The molecule has 3 aliphatic rings. The Morgan fingerprint density at radius 3 is 2.77 bits per heavy atom. The maximum Gasteiger partial charge on any atom is 0.352 e. The van der Waals surface area contributed by atoms with E-state index in [1.54, 1.807) is 0 Å². The van der Waals surface area contributed by atoms with E-state index in [9.17, 15) is 19.5 Å². The van der Waals surface area contributed by atoms with Crippen molar-refractivity contribution in [2.45, 2.75) is 38.3 Å². The number of carboxylic acids is 1. The number of nitrogens with zero attached hydrogens (tertiary/aromatic N) is 2. The molecule has 0 aromatic rings. The van der Waals surface area contributed by atoms with Crippen LogP contribution in [-0.4, -0.2) is 52.8 Å². The van der Waals surface area contributed by atoms with Gasteiger partial charge in [-0.25, -0.2) is 9.59 Å². The maximum atomic E-state index is 12.1. The van der Waals surface area contributed by atoms with Crippen LogP contribution in [0.3, 0.4) is 0 Å². The van der Waals surface area contributed by atoms with E-state index in [0.29, 0.717) is 24.1 Å². The molecule has 0 bridgehead atoms. The molecule has 1 amide bonds. The number of fused-ring (bicyclic) bond motifs is 1. The van der Waals surface area contributed by atoms with Crippen molar-refractivity contribution in [1.82, 2.24) is 4.90 Å². The van der Waals surface area contributed by atoms with Crippen LogP contribution < -0.4 is 0 Å². The van der Waals surface area contributed by atoms with Gasteiger partial charge in [0.25, 0.3) is 0 Å². The average molecular weight is 308 g/mol. The summed E-state index contributed by atoms with van der Waals surface area (Å²) in [4.78, 5) is 41.4. The summed E-state index contributed by atoms with van der Waals surface area (Å²) in [5, 5.41) is 13.3. The van der Waals surface area contributed by atoms with Crippen molar-refractivity contribution in [3.05, 3.63) is 11.3 Å². The molecule has 3 aliphatic heterocycles. The molecule has 1 N–H and O–H groups in total. The minimum absolute atomic E-state index is 0.0347. The molecule has 3 heterocycles. The van der Waals surface area contributed by atoms with Crippen molar-refractivity contribution in [3.63, 3.8) is 0 Å². The van der Waals surface area contributed by atoms with E-state index >= 15 is 0 Å². The molecule has 0 aromatic heterocycles. The number of ether oxygens (including phenoxy) is 1. The predicted octanol–water partition coefficient (Wildman–Crippen LogP) is 0.284. The number of methoxy groups -OCH3 is 1. The van der Waals surface area contributed by atoms with Gasteiger partial charge in [-0.3, -0.25) is 4.79 Å². The lowest BCUT2D eigenvalue weighted by Gasteiger charge is -2.42. The fourth-order valence-corrected chi connectivity index (χ4v) is 3.31. The van der Waals surface area contributed by atoms with E-state index in [4.69, 9.17) is 4.84 Å². The molecule has 3 atom stereocenters. The first-order chi connectivity index (χ1) is 10.5. The number of esters is 1. The molecule has 3 rings (SSSR count). The first-order valence-corrected chi connectivity index (χ1v) is 7.10. The van der Waals surface area contributed by atoms with Gasteiger partial charge in [0, 0.05) is 12.0 Å². The third kappa shape index (κ3) is 1.90. The van der Waals surface area contributed by atoms with Gasteiger partial charge in [-0.1, -0.05) is 12.1 Å². The van der Waals surface area contributed by atoms with Crippen LogP contribution >= 0.6 is 0 Å². The fourth-order valence-electron chi connectivity index (χ4n) is 3.31. The van der Waals surface area contributed by atoms with Crippen LogP contribution in [-0.2, 0) is 24.0 Å². The number of hydrogen-bond acceptors (Lipinski definition) is 6. The minimum Gasteiger partial charge on any atom is -0.477 e. The highest BCUT2D eigenvalue weighted by atomic mass is 16.7. The molecule has 0 saturated carbocycles. The van der Waals surface area contributed by atoms with Crippen LogP contribution in [0.2, 0.25) is 0 Å². The van der Waals surface area contributed by atoms with Gasteiger partial charge in [0.15, 0.2) is 0 Å². The highest BCUT2D eigenvalue weighted by Gasteiger charge is 2.55. The van der Waals surface area contributed by atoms with E-state index in [0.717, 1.165) is 0 Å². The molecular formula is C14H16N2O6. The topological polar surface area (TPSA) is 106 Å². The highest BCUT2D eigenvalue weighted by Crippen LogP contribution is 2.44. The van der Waals surface area contributed by atoms with E-state index in [1.165, 1.54) is 12.0 Å². The predicted molar refractivity (Wildman–Crippen MR) is 72.6 cm³/mol. The van der Waals surface area contributed by atoms with Gasteiger partial charge < -0.3 is 19.6 Å². The van der Waals surface area contributed by atoms with E-state index in [-0.39, 0.29) is 30.0 Å². The van der Waals surface area contributed by atoms with E-state index in [1.807, 2.05) is 6.92 Å².